The molecule has 0 aliphatic heterocycles. The highest BCUT2D eigenvalue weighted by molar-refractivity contribution is 5.87. The van der Waals surface area contributed by atoms with Crippen LogP contribution in [-0.2, 0) is 11.2 Å². The number of aryl methyl sites for hydroxylation is 1. The molecule has 1 aromatic rings. The number of likely N-dealkylation sites (N-methyl/N-ethyl adjacent to an activating group) is 1. The van der Waals surface area contributed by atoms with E-state index in [1.807, 2.05) is 19.9 Å². The van der Waals surface area contributed by atoms with E-state index in [-0.39, 0.29) is 5.54 Å². The first-order valence-electron chi connectivity index (χ1n) is 6.94. The van der Waals surface area contributed by atoms with E-state index in [2.05, 4.69) is 36.5 Å². The molecule has 0 radical (unpaired) electrons. The van der Waals surface area contributed by atoms with Crippen LogP contribution in [0.5, 0.6) is 0 Å². The Morgan fingerprint density at radius 2 is 1.89 bits per heavy atom. The number of carbonyl (C=O) groups excluding carboxylic acids is 1. The fraction of sp³-hybridized carbons (Fsp3) is 0.562. The number of ketones is 1. The smallest absolute Gasteiger partial charge is 0.152 e. The summed E-state index contributed by atoms with van der Waals surface area (Å²) < 4.78 is 0. The number of carbonyl (C=O) groups is 1. The molecule has 1 aromatic carbocycles. The van der Waals surface area contributed by atoms with Crippen LogP contribution in [0.1, 0.15) is 45.6 Å². The van der Waals surface area contributed by atoms with E-state index in [4.69, 9.17) is 0 Å². The molecule has 0 spiro atoms. The number of hydrogen-bond acceptors (Lipinski definition) is 2. The molecule has 0 fully saturated rings. The minimum Gasteiger partial charge on any atom is -0.305 e. The molecule has 1 rings (SSSR count). The van der Waals surface area contributed by atoms with E-state index in [1.54, 1.807) is 0 Å². The third kappa shape index (κ3) is 4.26. The maximum atomic E-state index is 12.0. The third-order valence-corrected chi connectivity index (χ3v) is 3.49. The van der Waals surface area contributed by atoms with E-state index < -0.39 is 0 Å². The first-order valence-corrected chi connectivity index (χ1v) is 6.94. The van der Waals surface area contributed by atoms with Gasteiger partial charge in [-0.15, -0.1) is 0 Å². The minimum absolute atomic E-state index is 0.317. The van der Waals surface area contributed by atoms with E-state index in [1.165, 1.54) is 5.56 Å². The topological polar surface area (TPSA) is 29.1 Å². The van der Waals surface area contributed by atoms with Gasteiger partial charge in [0.2, 0.25) is 0 Å². The van der Waals surface area contributed by atoms with Crippen molar-refractivity contribution in [3.8, 4) is 0 Å². The van der Waals surface area contributed by atoms with Crippen molar-refractivity contribution in [1.29, 1.82) is 0 Å². The van der Waals surface area contributed by atoms with Crippen molar-refractivity contribution in [2.45, 2.75) is 52.0 Å². The van der Waals surface area contributed by atoms with E-state index in [0.29, 0.717) is 12.2 Å². The zero-order valence-electron chi connectivity index (χ0n) is 11.8. The lowest BCUT2D eigenvalue weighted by Crippen LogP contribution is -2.49. The summed E-state index contributed by atoms with van der Waals surface area (Å²) in [7, 11) is 0. The van der Waals surface area contributed by atoms with Crippen LogP contribution in [0.3, 0.4) is 0 Å². The minimum atomic E-state index is -0.349. The Morgan fingerprint density at radius 3 is 2.44 bits per heavy atom. The van der Waals surface area contributed by atoms with Gasteiger partial charge in [-0.2, -0.15) is 0 Å². The zero-order chi connectivity index (χ0) is 13.4. The second kappa shape index (κ2) is 7.32. The summed E-state index contributed by atoms with van der Waals surface area (Å²) in [5, 5.41) is 3.35. The quantitative estimate of drug-likeness (QED) is 0.763. The van der Waals surface area contributed by atoms with Gasteiger partial charge >= 0.3 is 0 Å². The number of nitrogens with one attached hydrogen (secondary N) is 1. The summed E-state index contributed by atoms with van der Waals surface area (Å²) in [6, 6.07) is 10.5. The normalized spacial score (nSPS) is 14.2. The van der Waals surface area contributed by atoms with Gasteiger partial charge in [0.1, 0.15) is 0 Å². The van der Waals surface area contributed by atoms with Gasteiger partial charge in [0.05, 0.1) is 5.54 Å². The monoisotopic (exact) mass is 247 g/mol. The summed E-state index contributed by atoms with van der Waals surface area (Å²) in [5.74, 6) is 0.317. The lowest BCUT2D eigenvalue weighted by molar-refractivity contribution is -0.124. The number of rotatable bonds is 8. The fourth-order valence-electron chi connectivity index (χ4n) is 2.40. The van der Waals surface area contributed by atoms with Gasteiger partial charge in [0, 0.05) is 6.42 Å². The van der Waals surface area contributed by atoms with E-state index in [0.717, 1.165) is 25.8 Å². The van der Waals surface area contributed by atoms with Crippen molar-refractivity contribution in [2.24, 2.45) is 0 Å². The third-order valence-electron chi connectivity index (χ3n) is 3.49. The molecule has 0 aliphatic rings. The molecule has 0 aliphatic carbocycles. The fourth-order valence-corrected chi connectivity index (χ4v) is 2.40. The van der Waals surface area contributed by atoms with Gasteiger partial charge in [0.25, 0.3) is 0 Å². The molecule has 0 heterocycles. The van der Waals surface area contributed by atoms with E-state index in [9.17, 15) is 4.79 Å². The first-order chi connectivity index (χ1) is 8.62. The molecule has 0 aromatic heterocycles. The van der Waals surface area contributed by atoms with Crippen LogP contribution in [0, 0.1) is 0 Å². The predicted octanol–water partition coefficient (Wildman–Crippen LogP) is 3.36. The Labute approximate surface area is 111 Å². The van der Waals surface area contributed by atoms with Gasteiger partial charge in [-0.1, -0.05) is 44.2 Å². The number of hydrogen-bond donors (Lipinski definition) is 1. The van der Waals surface area contributed by atoms with Crippen LogP contribution in [0.2, 0.25) is 0 Å². The Bertz CT molecular complexity index is 361. The Balaban J connectivity index is 2.50. The molecular weight excluding hydrogens is 222 g/mol. The molecule has 0 bridgehead atoms. The summed E-state index contributed by atoms with van der Waals surface area (Å²) >= 11 is 0. The Hall–Kier alpha value is -1.15. The van der Waals surface area contributed by atoms with Crippen LogP contribution in [0.25, 0.3) is 0 Å². The molecule has 0 amide bonds. The van der Waals surface area contributed by atoms with Gasteiger partial charge < -0.3 is 5.32 Å². The van der Waals surface area contributed by atoms with Crippen molar-refractivity contribution in [2.75, 3.05) is 6.54 Å². The zero-order valence-corrected chi connectivity index (χ0v) is 11.8. The van der Waals surface area contributed by atoms with Crippen molar-refractivity contribution in [3.63, 3.8) is 0 Å². The van der Waals surface area contributed by atoms with Crippen LogP contribution >= 0.6 is 0 Å². The number of Topliss-reactive ketones (excluding diaryl/α,β-unsaturated/α-hetero) is 1. The summed E-state index contributed by atoms with van der Waals surface area (Å²) in [4.78, 5) is 12.0. The number of benzene rings is 1. The highest BCUT2D eigenvalue weighted by atomic mass is 16.1. The average molecular weight is 247 g/mol. The second-order valence-corrected chi connectivity index (χ2v) is 4.98. The largest absolute Gasteiger partial charge is 0.305 e. The predicted molar refractivity (Wildman–Crippen MR) is 76.8 cm³/mol. The lowest BCUT2D eigenvalue weighted by Gasteiger charge is -2.28. The highest BCUT2D eigenvalue weighted by Crippen LogP contribution is 2.17. The average Bonchev–Trinajstić information content (AvgIpc) is 2.39. The molecular formula is C16H25NO. The molecule has 100 valence electrons. The molecule has 1 atom stereocenters. The maximum Gasteiger partial charge on any atom is 0.152 e. The molecule has 0 saturated heterocycles. The summed E-state index contributed by atoms with van der Waals surface area (Å²) in [6.45, 7) is 6.87. The van der Waals surface area contributed by atoms with Crippen LogP contribution in [0.4, 0.5) is 0 Å². The van der Waals surface area contributed by atoms with Gasteiger partial charge in [-0.3, -0.25) is 4.79 Å². The SMILES string of the molecule is CCNC(C)(CCCc1ccccc1)C(=O)CC. The van der Waals surface area contributed by atoms with Gasteiger partial charge in [-0.25, -0.2) is 0 Å². The summed E-state index contributed by atoms with van der Waals surface area (Å²) in [6.07, 6.45) is 3.59. The molecule has 18 heavy (non-hydrogen) atoms. The first kappa shape index (κ1) is 14.9. The van der Waals surface area contributed by atoms with Crippen LogP contribution in [-0.4, -0.2) is 17.9 Å². The lowest BCUT2D eigenvalue weighted by atomic mass is 9.88. The Kier molecular flexibility index (Phi) is 6.06. The molecule has 1 N–H and O–H groups in total. The van der Waals surface area contributed by atoms with E-state index >= 15 is 0 Å². The highest BCUT2D eigenvalue weighted by Gasteiger charge is 2.29. The summed E-state index contributed by atoms with van der Waals surface area (Å²) in [5.41, 5.74) is 0.999. The second-order valence-electron chi connectivity index (χ2n) is 4.98. The Morgan fingerprint density at radius 1 is 1.22 bits per heavy atom. The van der Waals surface area contributed by atoms with Crippen LogP contribution < -0.4 is 5.32 Å². The molecule has 1 unspecified atom stereocenters. The maximum absolute atomic E-state index is 12.0. The standard InChI is InChI=1S/C16H25NO/c1-4-15(18)16(3,17-5-2)13-9-12-14-10-7-6-8-11-14/h6-8,10-11,17H,4-5,9,12-13H2,1-3H3. The van der Waals surface area contributed by atoms with Crippen molar-refractivity contribution in [3.05, 3.63) is 35.9 Å². The molecule has 2 heteroatoms. The van der Waals surface area contributed by atoms with Crippen molar-refractivity contribution < 1.29 is 4.79 Å². The van der Waals surface area contributed by atoms with Crippen molar-refractivity contribution in [1.82, 2.24) is 5.32 Å². The molecule has 0 saturated carbocycles. The van der Waals surface area contributed by atoms with Gasteiger partial charge in [0.15, 0.2) is 5.78 Å². The van der Waals surface area contributed by atoms with Crippen LogP contribution in [0.15, 0.2) is 30.3 Å². The van der Waals surface area contributed by atoms with Gasteiger partial charge in [-0.05, 0) is 38.3 Å². The van der Waals surface area contributed by atoms with Crippen molar-refractivity contribution >= 4 is 5.78 Å². The molecule has 2 nitrogen and oxygen atoms in total.